The smallest absolute Gasteiger partial charge is 0.328 e. The summed E-state index contributed by atoms with van der Waals surface area (Å²) in [4.78, 5) is 46.0. The zero-order chi connectivity index (χ0) is 21.7. The molecule has 1 aromatic carbocycles. The minimum atomic E-state index is -0.965. The number of halogens is 1. The van der Waals surface area contributed by atoms with Gasteiger partial charge in [0.15, 0.2) is 0 Å². The molecule has 1 aliphatic heterocycles. The average molecular weight is 479 g/mol. The molecule has 3 rings (SSSR count). The molecule has 0 spiro atoms. The summed E-state index contributed by atoms with van der Waals surface area (Å²) in [5, 5.41) is 2.71. The minimum Gasteiger partial charge on any atom is -0.469 e. The van der Waals surface area contributed by atoms with Crippen molar-refractivity contribution in [2.45, 2.75) is 31.3 Å². The Hall–Kier alpha value is -2.88. The number of urea groups is 1. The lowest BCUT2D eigenvalue weighted by molar-refractivity contribution is -0.144. The minimum absolute atomic E-state index is 0.0177. The number of ether oxygens (including phenoxy) is 2. The number of carbonyl (C=O) groups excluding carboxylic acids is 3. The van der Waals surface area contributed by atoms with Crippen LogP contribution in [-0.2, 0) is 25.5 Å². The summed E-state index contributed by atoms with van der Waals surface area (Å²) in [6.07, 6.45) is 2.29. The van der Waals surface area contributed by atoms with E-state index >= 15 is 0 Å². The highest BCUT2D eigenvalue weighted by atomic mass is 79.9. The molecule has 1 aromatic heterocycles. The number of carbonyl (C=O) groups is 3. The van der Waals surface area contributed by atoms with Crippen LogP contribution in [0.4, 0.5) is 4.79 Å². The maximum atomic E-state index is 13.2. The third-order valence-electron chi connectivity index (χ3n) is 5.02. The first kappa shape index (κ1) is 21.8. The van der Waals surface area contributed by atoms with E-state index in [9.17, 15) is 14.4 Å². The van der Waals surface area contributed by atoms with E-state index in [1.54, 1.807) is 11.2 Å². The molecule has 0 bridgehead atoms. The van der Waals surface area contributed by atoms with Crippen molar-refractivity contribution in [2.24, 2.45) is 0 Å². The van der Waals surface area contributed by atoms with Gasteiger partial charge in [-0.25, -0.2) is 14.6 Å². The largest absolute Gasteiger partial charge is 0.469 e. The molecule has 30 heavy (non-hydrogen) atoms. The molecule has 0 saturated carbocycles. The molecular formula is C20H23BrN4O5. The van der Waals surface area contributed by atoms with Crippen molar-refractivity contribution in [3.63, 3.8) is 0 Å². The number of methoxy groups -OCH3 is 2. The fourth-order valence-corrected chi connectivity index (χ4v) is 3.73. The van der Waals surface area contributed by atoms with Gasteiger partial charge in [0.1, 0.15) is 12.1 Å². The van der Waals surface area contributed by atoms with E-state index < -0.39 is 30.1 Å². The van der Waals surface area contributed by atoms with Crippen molar-refractivity contribution >= 4 is 33.9 Å². The normalized spacial score (nSPS) is 16.4. The summed E-state index contributed by atoms with van der Waals surface area (Å²) in [7, 11) is 2.51. The van der Waals surface area contributed by atoms with Gasteiger partial charge >= 0.3 is 18.0 Å². The van der Waals surface area contributed by atoms with E-state index in [2.05, 4.69) is 36.0 Å². The van der Waals surface area contributed by atoms with Crippen molar-refractivity contribution < 1.29 is 23.9 Å². The molecule has 2 atom stereocenters. The van der Waals surface area contributed by atoms with Crippen LogP contribution in [0.2, 0.25) is 0 Å². The van der Waals surface area contributed by atoms with E-state index in [-0.39, 0.29) is 12.8 Å². The molecule has 9 nitrogen and oxygen atoms in total. The molecule has 10 heteroatoms. The van der Waals surface area contributed by atoms with Crippen LogP contribution in [0.1, 0.15) is 35.8 Å². The van der Waals surface area contributed by atoms with Crippen LogP contribution in [0.15, 0.2) is 35.1 Å². The molecule has 0 aliphatic carbocycles. The van der Waals surface area contributed by atoms with Crippen LogP contribution in [0.25, 0.3) is 0 Å². The number of imidazole rings is 1. The van der Waals surface area contributed by atoms with E-state index in [4.69, 9.17) is 4.74 Å². The number of rotatable bonds is 6. The van der Waals surface area contributed by atoms with E-state index in [1.165, 1.54) is 14.2 Å². The standard InChI is InChI=1S/C20H23BrN4O5/c1-29-16(26)8-7-15(19(27)30-2)24-20(28)25-10-9-14-17(23-11-22-14)18(25)12-3-5-13(21)6-4-12/h3-6,11,15,18H,7-10H2,1-2H3,(H,22,23)(H,24,28)/t15-,18-/m1/s1. The van der Waals surface area contributed by atoms with E-state index in [1.807, 2.05) is 24.3 Å². The van der Waals surface area contributed by atoms with Crippen molar-refractivity contribution in [3.05, 3.63) is 52.0 Å². The first-order valence-corrected chi connectivity index (χ1v) is 10.2. The summed E-state index contributed by atoms with van der Waals surface area (Å²) in [5.41, 5.74) is 2.63. The van der Waals surface area contributed by atoms with Gasteiger partial charge in [0.2, 0.25) is 0 Å². The Kier molecular flexibility index (Phi) is 7.09. The van der Waals surface area contributed by atoms with Crippen LogP contribution in [0, 0.1) is 0 Å². The second-order valence-corrected chi connectivity index (χ2v) is 7.72. The molecule has 2 aromatic rings. The Morgan fingerprint density at radius 2 is 2.00 bits per heavy atom. The SMILES string of the molecule is COC(=O)CC[C@@H](NC(=O)N1CCc2[nH]cnc2[C@H]1c1ccc(Br)cc1)C(=O)OC. The van der Waals surface area contributed by atoms with Gasteiger partial charge < -0.3 is 24.7 Å². The average Bonchev–Trinajstić information content (AvgIpc) is 3.24. The lowest BCUT2D eigenvalue weighted by Crippen LogP contribution is -2.51. The first-order valence-electron chi connectivity index (χ1n) is 9.44. The molecule has 0 fully saturated rings. The number of H-pyrrole nitrogens is 1. The number of benzene rings is 1. The Morgan fingerprint density at radius 3 is 2.67 bits per heavy atom. The number of esters is 2. The summed E-state index contributed by atoms with van der Waals surface area (Å²) in [6.45, 7) is 0.437. The Labute approximate surface area is 182 Å². The fraction of sp³-hybridized carbons (Fsp3) is 0.400. The second-order valence-electron chi connectivity index (χ2n) is 6.80. The topological polar surface area (TPSA) is 114 Å². The second kappa shape index (κ2) is 9.75. The molecule has 2 amide bonds. The lowest BCUT2D eigenvalue weighted by atomic mass is 9.96. The quantitative estimate of drug-likeness (QED) is 0.615. The van der Waals surface area contributed by atoms with Gasteiger partial charge in [-0.1, -0.05) is 28.1 Å². The van der Waals surface area contributed by atoms with E-state index in [0.29, 0.717) is 13.0 Å². The third-order valence-corrected chi connectivity index (χ3v) is 5.55. The van der Waals surface area contributed by atoms with Crippen molar-refractivity contribution in [1.82, 2.24) is 20.2 Å². The Morgan fingerprint density at radius 1 is 1.27 bits per heavy atom. The number of hydrogen-bond acceptors (Lipinski definition) is 6. The Bertz CT molecular complexity index is 914. The molecule has 0 saturated heterocycles. The lowest BCUT2D eigenvalue weighted by Gasteiger charge is -2.36. The van der Waals surface area contributed by atoms with Crippen LogP contribution < -0.4 is 5.32 Å². The highest BCUT2D eigenvalue weighted by Gasteiger charge is 2.35. The maximum Gasteiger partial charge on any atom is 0.328 e. The zero-order valence-corrected chi connectivity index (χ0v) is 18.3. The number of fused-ring (bicyclic) bond motifs is 1. The van der Waals surface area contributed by atoms with Crippen molar-refractivity contribution in [3.8, 4) is 0 Å². The number of nitrogens with one attached hydrogen (secondary N) is 2. The zero-order valence-electron chi connectivity index (χ0n) is 16.7. The Balaban J connectivity index is 1.84. The van der Waals surface area contributed by atoms with Crippen LogP contribution in [-0.4, -0.2) is 59.6 Å². The number of aromatic nitrogens is 2. The van der Waals surface area contributed by atoms with Gasteiger partial charge in [0.25, 0.3) is 0 Å². The summed E-state index contributed by atoms with van der Waals surface area (Å²) >= 11 is 3.43. The molecule has 160 valence electrons. The van der Waals surface area contributed by atoms with Crippen molar-refractivity contribution in [1.29, 1.82) is 0 Å². The summed E-state index contributed by atoms with van der Waals surface area (Å²) < 4.78 is 10.3. The molecular weight excluding hydrogens is 456 g/mol. The number of aromatic amines is 1. The van der Waals surface area contributed by atoms with Crippen LogP contribution in [0.5, 0.6) is 0 Å². The monoisotopic (exact) mass is 478 g/mol. The van der Waals surface area contributed by atoms with Gasteiger partial charge in [-0.2, -0.15) is 0 Å². The van der Waals surface area contributed by atoms with Gasteiger partial charge in [0.05, 0.1) is 26.2 Å². The highest BCUT2D eigenvalue weighted by Crippen LogP contribution is 2.34. The maximum absolute atomic E-state index is 13.2. The predicted molar refractivity (Wildman–Crippen MR) is 111 cm³/mol. The number of amides is 2. The van der Waals surface area contributed by atoms with Gasteiger partial charge in [-0.3, -0.25) is 4.79 Å². The highest BCUT2D eigenvalue weighted by molar-refractivity contribution is 9.10. The van der Waals surface area contributed by atoms with Gasteiger partial charge in [-0.05, 0) is 24.1 Å². The predicted octanol–water partition coefficient (Wildman–Crippen LogP) is 2.32. The molecule has 1 aliphatic rings. The summed E-state index contributed by atoms with van der Waals surface area (Å²) in [5.74, 6) is -1.09. The number of hydrogen-bond donors (Lipinski definition) is 2. The summed E-state index contributed by atoms with van der Waals surface area (Å²) in [6, 6.07) is 5.85. The molecule has 0 unspecified atom stereocenters. The molecule has 2 N–H and O–H groups in total. The molecule has 2 heterocycles. The van der Waals surface area contributed by atoms with Crippen LogP contribution >= 0.6 is 15.9 Å². The molecule has 0 radical (unpaired) electrons. The van der Waals surface area contributed by atoms with Gasteiger partial charge in [-0.15, -0.1) is 0 Å². The van der Waals surface area contributed by atoms with Crippen molar-refractivity contribution in [2.75, 3.05) is 20.8 Å². The third kappa shape index (κ3) is 4.81. The van der Waals surface area contributed by atoms with E-state index in [0.717, 1.165) is 21.4 Å². The fourth-order valence-electron chi connectivity index (χ4n) is 3.47. The first-order chi connectivity index (χ1) is 14.4. The van der Waals surface area contributed by atoms with Gasteiger partial charge in [0, 0.05) is 29.6 Å². The van der Waals surface area contributed by atoms with Crippen LogP contribution in [0.3, 0.4) is 0 Å². The number of nitrogens with zero attached hydrogens (tertiary/aromatic N) is 2.